The molecular formula is C20H14F2N2O6S2. The summed E-state index contributed by atoms with van der Waals surface area (Å²) >= 11 is 6.03. The Labute approximate surface area is 189 Å². The minimum Gasteiger partial charge on any atom is -0.508 e. The Morgan fingerprint density at radius 2 is 1.97 bits per heavy atom. The van der Waals surface area contributed by atoms with Gasteiger partial charge in [-0.3, -0.25) is 14.5 Å². The van der Waals surface area contributed by atoms with Crippen LogP contribution in [0.3, 0.4) is 0 Å². The van der Waals surface area contributed by atoms with Gasteiger partial charge >= 0.3 is 12.6 Å². The van der Waals surface area contributed by atoms with Crippen molar-refractivity contribution in [3.63, 3.8) is 0 Å². The Morgan fingerprint density at radius 3 is 2.66 bits per heavy atom. The summed E-state index contributed by atoms with van der Waals surface area (Å²) in [5.74, 6) is -3.13. The summed E-state index contributed by atoms with van der Waals surface area (Å²) in [5, 5.41) is 21.0. The number of carbonyl (C=O) groups excluding carboxylic acids is 2. The monoisotopic (exact) mass is 480 g/mol. The van der Waals surface area contributed by atoms with Crippen molar-refractivity contribution in [1.29, 1.82) is 0 Å². The molecule has 166 valence electrons. The molecule has 2 aromatic carbocycles. The van der Waals surface area contributed by atoms with Crippen LogP contribution in [0.25, 0.3) is 6.08 Å². The number of nitrogens with zero attached hydrogens (tertiary/aromatic N) is 1. The molecule has 0 unspecified atom stereocenters. The van der Waals surface area contributed by atoms with Crippen LogP contribution in [0.1, 0.15) is 15.9 Å². The van der Waals surface area contributed by atoms with Gasteiger partial charge in [-0.05, 0) is 30.3 Å². The first-order valence-electron chi connectivity index (χ1n) is 8.81. The fourth-order valence-corrected chi connectivity index (χ4v) is 3.98. The van der Waals surface area contributed by atoms with Gasteiger partial charge in [0.25, 0.3) is 5.91 Å². The molecule has 1 aliphatic rings. The van der Waals surface area contributed by atoms with Gasteiger partial charge in [-0.1, -0.05) is 42.2 Å². The van der Waals surface area contributed by atoms with E-state index < -0.39 is 30.9 Å². The number of aromatic hydroxyl groups is 1. The highest BCUT2D eigenvalue weighted by Crippen LogP contribution is 2.34. The van der Waals surface area contributed by atoms with Crippen molar-refractivity contribution in [2.45, 2.75) is 6.61 Å². The number of anilines is 1. The molecule has 1 heterocycles. The van der Waals surface area contributed by atoms with Crippen molar-refractivity contribution in [3.8, 4) is 11.5 Å². The SMILES string of the molecule is O=C(CN1C(=O)/C(=C/c2ccccc2OC(F)F)SC1=S)Nc1ccc(O)cc1C(=O)O. The second-order valence-corrected chi connectivity index (χ2v) is 7.94. The lowest BCUT2D eigenvalue weighted by molar-refractivity contribution is -0.126. The van der Waals surface area contributed by atoms with E-state index in [1.54, 1.807) is 6.07 Å². The molecular weight excluding hydrogens is 466 g/mol. The summed E-state index contributed by atoms with van der Waals surface area (Å²) in [7, 11) is 0. The Kier molecular flexibility index (Phi) is 7.05. The summed E-state index contributed by atoms with van der Waals surface area (Å²) < 4.78 is 29.7. The predicted molar refractivity (Wildman–Crippen MR) is 117 cm³/mol. The van der Waals surface area contributed by atoms with Crippen LogP contribution in [0.4, 0.5) is 14.5 Å². The number of thioether (sulfide) groups is 1. The molecule has 2 aromatic rings. The molecule has 0 aliphatic carbocycles. The second kappa shape index (κ2) is 9.75. The van der Waals surface area contributed by atoms with E-state index in [1.165, 1.54) is 36.4 Å². The number of thiocarbonyl (C=S) groups is 1. The number of rotatable bonds is 7. The van der Waals surface area contributed by atoms with Gasteiger partial charge in [-0.25, -0.2) is 4.79 Å². The van der Waals surface area contributed by atoms with E-state index in [1.807, 2.05) is 0 Å². The van der Waals surface area contributed by atoms with Crippen molar-refractivity contribution >= 4 is 57.8 Å². The van der Waals surface area contributed by atoms with Crippen LogP contribution in [-0.4, -0.2) is 50.4 Å². The van der Waals surface area contributed by atoms with E-state index in [-0.39, 0.29) is 37.5 Å². The van der Waals surface area contributed by atoms with E-state index >= 15 is 0 Å². The average molecular weight is 480 g/mol. The van der Waals surface area contributed by atoms with Gasteiger partial charge in [-0.2, -0.15) is 8.78 Å². The third-order valence-electron chi connectivity index (χ3n) is 4.10. The summed E-state index contributed by atoms with van der Waals surface area (Å²) in [4.78, 5) is 37.5. The van der Waals surface area contributed by atoms with Crippen LogP contribution in [0.15, 0.2) is 47.4 Å². The number of carboxylic acids is 1. The number of halogens is 2. The minimum atomic E-state index is -3.04. The number of benzene rings is 2. The number of hydrogen-bond acceptors (Lipinski definition) is 7. The molecule has 3 rings (SSSR count). The maximum Gasteiger partial charge on any atom is 0.387 e. The van der Waals surface area contributed by atoms with E-state index in [2.05, 4.69) is 10.1 Å². The first-order valence-corrected chi connectivity index (χ1v) is 10.0. The van der Waals surface area contributed by atoms with E-state index in [0.717, 1.165) is 22.7 Å². The normalized spacial score (nSPS) is 14.8. The van der Waals surface area contributed by atoms with E-state index in [9.17, 15) is 33.4 Å². The number of phenols is 1. The molecule has 0 atom stereocenters. The van der Waals surface area contributed by atoms with Crippen molar-refractivity contribution in [2.24, 2.45) is 0 Å². The van der Waals surface area contributed by atoms with E-state index in [0.29, 0.717) is 0 Å². The third kappa shape index (κ3) is 5.39. The average Bonchev–Trinajstić information content (AvgIpc) is 2.97. The fraction of sp³-hybridized carbons (Fsp3) is 0.100. The molecule has 0 radical (unpaired) electrons. The maximum absolute atomic E-state index is 12.7. The molecule has 8 nitrogen and oxygen atoms in total. The Bertz CT molecular complexity index is 1140. The Hall–Kier alpha value is -3.51. The highest BCUT2D eigenvalue weighted by molar-refractivity contribution is 8.26. The first-order chi connectivity index (χ1) is 15.2. The summed E-state index contributed by atoms with van der Waals surface area (Å²) in [6.45, 7) is -3.55. The quantitative estimate of drug-likeness (QED) is 0.313. The molecule has 1 aliphatic heterocycles. The van der Waals surface area contributed by atoms with Gasteiger partial charge < -0.3 is 20.3 Å². The smallest absolute Gasteiger partial charge is 0.387 e. The number of para-hydroxylation sites is 1. The molecule has 2 amide bonds. The van der Waals surface area contributed by atoms with Crippen LogP contribution in [0.2, 0.25) is 0 Å². The van der Waals surface area contributed by atoms with Gasteiger partial charge in [0.1, 0.15) is 22.4 Å². The van der Waals surface area contributed by atoms with Crippen molar-refractivity contribution in [1.82, 2.24) is 4.90 Å². The third-order valence-corrected chi connectivity index (χ3v) is 5.48. The number of carboxylic acid groups (broad SMARTS) is 1. The predicted octanol–water partition coefficient (Wildman–Crippen LogP) is 3.53. The van der Waals surface area contributed by atoms with Crippen LogP contribution < -0.4 is 10.1 Å². The van der Waals surface area contributed by atoms with Crippen molar-refractivity contribution in [3.05, 3.63) is 58.5 Å². The Morgan fingerprint density at radius 1 is 1.25 bits per heavy atom. The van der Waals surface area contributed by atoms with Gasteiger partial charge in [0, 0.05) is 5.56 Å². The number of hydrogen-bond donors (Lipinski definition) is 3. The van der Waals surface area contributed by atoms with Gasteiger partial charge in [0.15, 0.2) is 0 Å². The zero-order valence-electron chi connectivity index (χ0n) is 16.0. The van der Waals surface area contributed by atoms with Gasteiger partial charge in [-0.15, -0.1) is 0 Å². The lowest BCUT2D eigenvalue weighted by Gasteiger charge is -2.15. The first kappa shape index (κ1) is 23.2. The topological polar surface area (TPSA) is 116 Å². The molecule has 1 fully saturated rings. The van der Waals surface area contributed by atoms with Crippen LogP contribution >= 0.6 is 24.0 Å². The lowest BCUT2D eigenvalue weighted by Crippen LogP contribution is -2.36. The molecule has 3 N–H and O–H groups in total. The number of alkyl halides is 2. The van der Waals surface area contributed by atoms with Gasteiger partial charge in [0.05, 0.1) is 16.2 Å². The molecule has 0 saturated carbocycles. The van der Waals surface area contributed by atoms with Crippen LogP contribution in [-0.2, 0) is 9.59 Å². The Balaban J connectivity index is 1.76. The summed E-state index contributed by atoms with van der Waals surface area (Å²) in [6, 6.07) is 9.26. The summed E-state index contributed by atoms with van der Waals surface area (Å²) in [5.41, 5.74) is -0.174. The van der Waals surface area contributed by atoms with Crippen molar-refractivity contribution < 1.29 is 38.1 Å². The molecule has 0 bridgehead atoms. The summed E-state index contributed by atoms with van der Waals surface area (Å²) in [6.07, 6.45) is 1.33. The highest BCUT2D eigenvalue weighted by Gasteiger charge is 2.34. The number of carbonyl (C=O) groups is 3. The number of aromatic carboxylic acids is 1. The van der Waals surface area contributed by atoms with E-state index in [4.69, 9.17) is 12.2 Å². The molecule has 1 saturated heterocycles. The minimum absolute atomic E-state index is 0.0628. The van der Waals surface area contributed by atoms with Crippen molar-refractivity contribution in [2.75, 3.05) is 11.9 Å². The lowest BCUT2D eigenvalue weighted by atomic mass is 10.1. The number of phenolic OH excluding ortho intramolecular Hbond substituents is 1. The number of ether oxygens (including phenoxy) is 1. The van der Waals surface area contributed by atoms with Gasteiger partial charge in [0.2, 0.25) is 5.91 Å². The zero-order chi connectivity index (χ0) is 23.4. The molecule has 0 spiro atoms. The van der Waals surface area contributed by atoms with Crippen LogP contribution in [0.5, 0.6) is 11.5 Å². The number of nitrogens with one attached hydrogen (secondary N) is 1. The maximum atomic E-state index is 12.7. The fourth-order valence-electron chi connectivity index (χ4n) is 2.73. The standard InChI is InChI=1S/C20H14F2N2O6S2/c21-19(22)30-14-4-2-1-3-10(14)7-15-17(27)24(20(31)32-15)9-16(26)23-13-6-5-11(25)8-12(13)18(28)29/h1-8,19,25H,9H2,(H,23,26)(H,28,29)/b15-7-. The molecule has 32 heavy (non-hydrogen) atoms. The molecule has 0 aromatic heterocycles. The zero-order valence-corrected chi connectivity index (χ0v) is 17.6. The van der Waals surface area contributed by atoms with Crippen LogP contribution in [0, 0.1) is 0 Å². The molecule has 12 heteroatoms. The largest absolute Gasteiger partial charge is 0.508 e. The highest BCUT2D eigenvalue weighted by atomic mass is 32.2. The number of amides is 2. The second-order valence-electron chi connectivity index (χ2n) is 6.27.